The lowest BCUT2D eigenvalue weighted by atomic mass is 10.1. The molecular formula is C16H14N4O2. The van der Waals surface area contributed by atoms with Crippen LogP contribution in [-0.2, 0) is 6.61 Å². The first-order valence-electron chi connectivity index (χ1n) is 6.73. The van der Waals surface area contributed by atoms with Gasteiger partial charge in [0, 0.05) is 29.7 Å². The number of carbonyl (C=O) groups is 1. The molecule has 0 bridgehead atoms. The molecule has 3 rings (SSSR count). The summed E-state index contributed by atoms with van der Waals surface area (Å²) in [5.74, 6) is -0.255. The first-order valence-corrected chi connectivity index (χ1v) is 6.73. The van der Waals surface area contributed by atoms with Crippen molar-refractivity contribution in [1.29, 1.82) is 0 Å². The van der Waals surface area contributed by atoms with Gasteiger partial charge in [0.1, 0.15) is 0 Å². The van der Waals surface area contributed by atoms with Crippen LogP contribution in [0.1, 0.15) is 15.9 Å². The number of benzene rings is 1. The lowest BCUT2D eigenvalue weighted by molar-refractivity contribution is 0.102. The molecule has 110 valence electrons. The van der Waals surface area contributed by atoms with E-state index in [0.29, 0.717) is 16.8 Å². The van der Waals surface area contributed by atoms with E-state index in [9.17, 15) is 9.90 Å². The van der Waals surface area contributed by atoms with E-state index < -0.39 is 0 Å². The van der Waals surface area contributed by atoms with Gasteiger partial charge < -0.3 is 10.4 Å². The molecular weight excluding hydrogens is 280 g/mol. The Balaban J connectivity index is 1.78. The minimum absolute atomic E-state index is 0.156. The Labute approximate surface area is 127 Å². The summed E-state index contributed by atoms with van der Waals surface area (Å²) >= 11 is 0. The van der Waals surface area contributed by atoms with Crippen molar-refractivity contribution >= 4 is 11.6 Å². The Bertz CT molecular complexity index is 767. The third kappa shape index (κ3) is 2.87. The Morgan fingerprint density at radius 3 is 2.68 bits per heavy atom. The van der Waals surface area contributed by atoms with E-state index in [0.717, 1.165) is 5.69 Å². The van der Waals surface area contributed by atoms with Gasteiger partial charge in [-0.3, -0.25) is 9.78 Å². The largest absolute Gasteiger partial charge is 0.392 e. The monoisotopic (exact) mass is 294 g/mol. The van der Waals surface area contributed by atoms with Gasteiger partial charge >= 0.3 is 0 Å². The van der Waals surface area contributed by atoms with E-state index in [-0.39, 0.29) is 12.5 Å². The minimum atomic E-state index is -0.255. The Hall–Kier alpha value is -2.99. The van der Waals surface area contributed by atoms with Crippen molar-refractivity contribution in [3.8, 4) is 5.69 Å². The summed E-state index contributed by atoms with van der Waals surface area (Å²) < 4.78 is 1.71. The second-order valence-corrected chi connectivity index (χ2v) is 4.64. The van der Waals surface area contributed by atoms with Gasteiger partial charge in [-0.15, -0.1) is 0 Å². The van der Waals surface area contributed by atoms with Crippen molar-refractivity contribution < 1.29 is 9.90 Å². The molecule has 1 aromatic carbocycles. The van der Waals surface area contributed by atoms with Crippen LogP contribution in [0.3, 0.4) is 0 Å². The predicted octanol–water partition coefficient (Wildman–Crippen LogP) is 2.01. The highest BCUT2D eigenvalue weighted by molar-refractivity contribution is 6.04. The molecule has 0 aliphatic heterocycles. The minimum Gasteiger partial charge on any atom is -0.392 e. The van der Waals surface area contributed by atoms with Crippen molar-refractivity contribution in [3.05, 3.63) is 72.3 Å². The number of hydrogen-bond acceptors (Lipinski definition) is 4. The van der Waals surface area contributed by atoms with E-state index in [1.54, 1.807) is 35.3 Å². The molecule has 3 aromatic rings. The van der Waals surface area contributed by atoms with Gasteiger partial charge in [-0.25, -0.2) is 4.68 Å². The molecule has 6 heteroatoms. The van der Waals surface area contributed by atoms with Gasteiger partial charge in [0.15, 0.2) is 0 Å². The highest BCUT2D eigenvalue weighted by Gasteiger charge is 2.09. The summed E-state index contributed by atoms with van der Waals surface area (Å²) in [6, 6.07) is 10.6. The number of anilines is 1. The zero-order valence-corrected chi connectivity index (χ0v) is 11.7. The first kappa shape index (κ1) is 14.0. The zero-order valence-electron chi connectivity index (χ0n) is 11.7. The van der Waals surface area contributed by atoms with Crippen LogP contribution in [0, 0.1) is 0 Å². The molecule has 22 heavy (non-hydrogen) atoms. The second-order valence-electron chi connectivity index (χ2n) is 4.64. The number of hydrogen-bond donors (Lipinski definition) is 2. The van der Waals surface area contributed by atoms with Crippen LogP contribution >= 0.6 is 0 Å². The summed E-state index contributed by atoms with van der Waals surface area (Å²) in [7, 11) is 0. The summed E-state index contributed by atoms with van der Waals surface area (Å²) in [6.07, 6.45) is 6.61. The topological polar surface area (TPSA) is 80.0 Å². The number of nitrogens with zero attached hydrogens (tertiary/aromatic N) is 3. The molecule has 0 saturated carbocycles. The molecule has 0 spiro atoms. The van der Waals surface area contributed by atoms with Crippen LogP contribution in [0.15, 0.2) is 61.2 Å². The third-order valence-electron chi connectivity index (χ3n) is 3.23. The van der Waals surface area contributed by atoms with E-state index in [1.165, 1.54) is 6.20 Å². The normalized spacial score (nSPS) is 10.4. The molecule has 0 aliphatic carbocycles. The zero-order chi connectivity index (χ0) is 15.4. The average molecular weight is 294 g/mol. The number of aromatic nitrogens is 3. The van der Waals surface area contributed by atoms with Crippen LogP contribution in [0.5, 0.6) is 0 Å². The molecule has 0 aliphatic rings. The smallest absolute Gasteiger partial charge is 0.255 e. The molecule has 0 radical (unpaired) electrons. The fraction of sp³-hybridized carbons (Fsp3) is 0.0625. The SMILES string of the molecule is O=C(Nc1cnccc1CO)c1ccc(-n2cccn2)cc1. The number of pyridine rings is 1. The van der Waals surface area contributed by atoms with Gasteiger partial charge in [-0.2, -0.15) is 5.10 Å². The van der Waals surface area contributed by atoms with Gasteiger partial charge in [0.2, 0.25) is 0 Å². The van der Waals surface area contributed by atoms with Crippen molar-refractivity contribution in [2.45, 2.75) is 6.61 Å². The van der Waals surface area contributed by atoms with E-state index >= 15 is 0 Å². The Kier molecular flexibility index (Phi) is 3.93. The standard InChI is InChI=1S/C16H14N4O2/c21-11-13-6-8-17-10-15(13)19-16(22)12-2-4-14(5-3-12)20-9-1-7-18-20/h1-10,21H,11H2,(H,19,22). The second kappa shape index (κ2) is 6.19. The quantitative estimate of drug-likeness (QED) is 0.771. The number of nitrogens with one attached hydrogen (secondary N) is 1. The summed E-state index contributed by atoms with van der Waals surface area (Å²) in [5.41, 5.74) is 2.52. The summed E-state index contributed by atoms with van der Waals surface area (Å²) in [4.78, 5) is 16.2. The van der Waals surface area contributed by atoms with Gasteiger partial charge in [0.25, 0.3) is 5.91 Å². The fourth-order valence-electron chi connectivity index (χ4n) is 2.06. The van der Waals surface area contributed by atoms with Crippen LogP contribution in [0.4, 0.5) is 5.69 Å². The number of rotatable bonds is 4. The molecule has 0 fully saturated rings. The maximum Gasteiger partial charge on any atom is 0.255 e. The number of carbonyl (C=O) groups excluding carboxylic acids is 1. The van der Waals surface area contributed by atoms with Crippen LogP contribution in [-0.4, -0.2) is 25.8 Å². The average Bonchev–Trinajstić information content (AvgIpc) is 3.10. The molecule has 0 atom stereocenters. The van der Waals surface area contributed by atoms with Crippen LogP contribution in [0.2, 0.25) is 0 Å². The van der Waals surface area contributed by atoms with Gasteiger partial charge in [-0.05, 0) is 36.4 Å². The predicted molar refractivity (Wildman–Crippen MR) is 81.7 cm³/mol. The molecule has 2 heterocycles. The Morgan fingerprint density at radius 2 is 2.00 bits per heavy atom. The van der Waals surface area contributed by atoms with Gasteiger partial charge in [0.05, 0.1) is 24.2 Å². The molecule has 2 aromatic heterocycles. The van der Waals surface area contributed by atoms with Crippen molar-refractivity contribution in [1.82, 2.24) is 14.8 Å². The maximum absolute atomic E-state index is 12.2. The molecule has 1 amide bonds. The summed E-state index contributed by atoms with van der Waals surface area (Å²) in [6.45, 7) is -0.156. The number of amides is 1. The maximum atomic E-state index is 12.2. The number of aliphatic hydroxyl groups excluding tert-OH is 1. The highest BCUT2D eigenvalue weighted by Crippen LogP contribution is 2.15. The molecule has 2 N–H and O–H groups in total. The molecule has 0 unspecified atom stereocenters. The van der Waals surface area contributed by atoms with Crippen LogP contribution in [0.25, 0.3) is 5.69 Å². The fourth-order valence-corrected chi connectivity index (χ4v) is 2.06. The molecule has 6 nitrogen and oxygen atoms in total. The number of aliphatic hydroxyl groups is 1. The van der Waals surface area contributed by atoms with E-state index in [1.807, 2.05) is 24.4 Å². The summed E-state index contributed by atoms with van der Waals surface area (Å²) in [5, 5.41) is 16.1. The Morgan fingerprint density at radius 1 is 1.18 bits per heavy atom. The molecule has 0 saturated heterocycles. The van der Waals surface area contributed by atoms with Gasteiger partial charge in [-0.1, -0.05) is 0 Å². The lowest BCUT2D eigenvalue weighted by Gasteiger charge is -2.09. The van der Waals surface area contributed by atoms with E-state index in [2.05, 4.69) is 15.4 Å². The first-order chi connectivity index (χ1) is 10.8. The highest BCUT2D eigenvalue weighted by atomic mass is 16.3. The third-order valence-corrected chi connectivity index (χ3v) is 3.23. The lowest BCUT2D eigenvalue weighted by Crippen LogP contribution is -2.13. The van der Waals surface area contributed by atoms with Crippen molar-refractivity contribution in [2.24, 2.45) is 0 Å². The van der Waals surface area contributed by atoms with Crippen LogP contribution < -0.4 is 5.32 Å². The van der Waals surface area contributed by atoms with Crippen molar-refractivity contribution in [2.75, 3.05) is 5.32 Å². The van der Waals surface area contributed by atoms with E-state index in [4.69, 9.17) is 0 Å². The van der Waals surface area contributed by atoms with Crippen molar-refractivity contribution in [3.63, 3.8) is 0 Å².